The van der Waals surface area contributed by atoms with Crippen LogP contribution in [0.3, 0.4) is 0 Å². The maximum atomic E-state index is 11.4. The molecule has 1 unspecified atom stereocenters. The van der Waals surface area contributed by atoms with E-state index in [2.05, 4.69) is 5.10 Å². The highest BCUT2D eigenvalue weighted by molar-refractivity contribution is 7.96. The summed E-state index contributed by atoms with van der Waals surface area (Å²) in [4.78, 5) is 13.2. The number of amides is 1. The lowest BCUT2D eigenvalue weighted by Crippen LogP contribution is -2.38. The Kier molecular flexibility index (Phi) is 5.62. The Balaban J connectivity index is 1.56. The topological polar surface area (TPSA) is 87.5 Å². The summed E-state index contributed by atoms with van der Waals surface area (Å²) < 4.78 is 30.3. The average molecular weight is 379 g/mol. The van der Waals surface area contributed by atoms with Gasteiger partial charge in [-0.3, -0.25) is 9.48 Å². The van der Waals surface area contributed by atoms with Gasteiger partial charge in [0.25, 0.3) is 0 Å². The van der Waals surface area contributed by atoms with E-state index in [1.54, 1.807) is 17.8 Å². The number of ether oxygens (including phenoxy) is 1. The molecule has 1 aromatic carbocycles. The van der Waals surface area contributed by atoms with Crippen LogP contribution in [0.1, 0.15) is 19.8 Å². The molecule has 3 rings (SSSR count). The van der Waals surface area contributed by atoms with Crippen molar-refractivity contribution in [2.75, 3.05) is 31.7 Å². The molecular weight excluding hydrogens is 354 g/mol. The van der Waals surface area contributed by atoms with Crippen molar-refractivity contribution in [2.45, 2.75) is 26.3 Å². The molecule has 0 spiro atoms. The molecule has 1 atom stereocenters. The molecule has 1 aliphatic heterocycles. The van der Waals surface area contributed by atoms with E-state index < -0.39 is 10.2 Å². The third-order valence-corrected chi connectivity index (χ3v) is 5.76. The van der Waals surface area contributed by atoms with E-state index in [4.69, 9.17) is 4.74 Å². The number of nitrogens with zero attached hydrogens (tertiary/aromatic N) is 3. The number of aromatic nitrogens is 2. The first-order valence-electron chi connectivity index (χ1n) is 8.83. The molecule has 7 nitrogen and oxygen atoms in total. The summed E-state index contributed by atoms with van der Waals surface area (Å²) in [5, 5.41) is 5.21. The van der Waals surface area contributed by atoms with Crippen LogP contribution in [0.5, 0.6) is 5.75 Å². The molecule has 142 valence electrons. The molecule has 0 N–H and O–H groups in total. The number of carbonyl (C=O) groups excluding carboxylic acids is 1. The number of benzene rings is 1. The highest BCUT2D eigenvalue weighted by atomic mass is 32.3. The zero-order valence-electron chi connectivity index (χ0n) is 15.2. The van der Waals surface area contributed by atoms with Gasteiger partial charge in [0.2, 0.25) is 5.91 Å². The number of fused-ring (bicyclic) bond motifs is 1. The Hall–Kier alpha value is -1.93. The van der Waals surface area contributed by atoms with Crippen LogP contribution < -0.4 is 4.74 Å². The summed E-state index contributed by atoms with van der Waals surface area (Å²) in [6.07, 6.45) is 4.89. The number of rotatable bonds is 6. The largest absolute Gasteiger partial charge is 0.615 e. The molecule has 8 heteroatoms. The Morgan fingerprint density at radius 3 is 2.77 bits per heavy atom. The van der Waals surface area contributed by atoms with E-state index in [-0.39, 0.29) is 11.7 Å². The molecular formula is C18H25N3O4S. The summed E-state index contributed by atoms with van der Waals surface area (Å²) in [7, 11) is -3.02. The van der Waals surface area contributed by atoms with Crippen molar-refractivity contribution in [1.82, 2.24) is 14.7 Å². The highest BCUT2D eigenvalue weighted by Crippen LogP contribution is 2.23. The Morgan fingerprint density at radius 2 is 2.12 bits per heavy atom. The van der Waals surface area contributed by atoms with Crippen LogP contribution in [0.2, 0.25) is 0 Å². The molecule has 1 amide bonds. The number of likely N-dealkylation sites (tertiary alicyclic amines) is 1. The van der Waals surface area contributed by atoms with Gasteiger partial charge in [-0.1, -0.05) is 0 Å². The molecule has 0 bridgehead atoms. The van der Waals surface area contributed by atoms with Gasteiger partial charge >= 0.3 is 0 Å². The van der Waals surface area contributed by atoms with E-state index in [9.17, 15) is 13.6 Å². The van der Waals surface area contributed by atoms with Crippen molar-refractivity contribution in [3.05, 3.63) is 24.4 Å². The fourth-order valence-electron chi connectivity index (χ4n) is 3.21. The fraction of sp³-hybridized carbons (Fsp3) is 0.556. The highest BCUT2D eigenvalue weighted by Gasteiger charge is 2.21. The molecule has 1 aliphatic rings. The second kappa shape index (κ2) is 7.75. The molecule has 0 radical (unpaired) electrons. The van der Waals surface area contributed by atoms with Crippen molar-refractivity contribution in [3.8, 4) is 5.75 Å². The van der Waals surface area contributed by atoms with Crippen molar-refractivity contribution in [1.29, 1.82) is 0 Å². The van der Waals surface area contributed by atoms with Crippen molar-refractivity contribution in [3.63, 3.8) is 0 Å². The lowest BCUT2D eigenvalue weighted by atomic mass is 9.98. The Bertz CT molecular complexity index is 821. The van der Waals surface area contributed by atoms with Gasteiger partial charge in [0.05, 0.1) is 31.1 Å². The van der Waals surface area contributed by atoms with Crippen molar-refractivity contribution < 1.29 is 18.3 Å². The third kappa shape index (κ3) is 4.82. The smallest absolute Gasteiger partial charge is 0.219 e. The molecule has 26 heavy (non-hydrogen) atoms. The summed E-state index contributed by atoms with van der Waals surface area (Å²) in [6.45, 7) is 4.20. The number of hydrogen-bond donors (Lipinski definition) is 0. The van der Waals surface area contributed by atoms with Gasteiger partial charge in [-0.25, -0.2) is 0 Å². The lowest BCUT2D eigenvalue weighted by Gasteiger charge is -2.31. The van der Waals surface area contributed by atoms with Crippen LogP contribution in [0.15, 0.2) is 24.4 Å². The second-order valence-electron chi connectivity index (χ2n) is 6.98. The maximum absolute atomic E-state index is 11.4. The van der Waals surface area contributed by atoms with Crippen LogP contribution >= 0.6 is 0 Å². The summed E-state index contributed by atoms with van der Waals surface area (Å²) >= 11 is 0. The molecule has 0 saturated carbocycles. The first kappa shape index (κ1) is 18.8. The first-order valence-corrected chi connectivity index (χ1v) is 10.9. The summed E-state index contributed by atoms with van der Waals surface area (Å²) in [5.41, 5.74) is 0.899. The molecule has 1 fully saturated rings. The number of hydrogen-bond acceptors (Lipinski definition) is 5. The van der Waals surface area contributed by atoms with E-state index in [1.807, 2.05) is 23.1 Å². The van der Waals surface area contributed by atoms with Crippen molar-refractivity contribution in [2.24, 2.45) is 5.92 Å². The Labute approximate surface area is 154 Å². The predicted octanol–water partition coefficient (Wildman–Crippen LogP) is 1.93. The maximum Gasteiger partial charge on any atom is 0.219 e. The van der Waals surface area contributed by atoms with Crippen LogP contribution in [0.4, 0.5) is 0 Å². The van der Waals surface area contributed by atoms with E-state index in [1.165, 1.54) is 6.26 Å². The average Bonchev–Trinajstić information content (AvgIpc) is 3.00. The number of aryl methyl sites for hydroxylation is 1. The van der Waals surface area contributed by atoms with Crippen LogP contribution in [-0.2, 0) is 25.8 Å². The minimum Gasteiger partial charge on any atom is -0.615 e. The number of sulfone groups is 1. The van der Waals surface area contributed by atoms with Gasteiger partial charge in [-0.05, 0) is 37.0 Å². The van der Waals surface area contributed by atoms with Gasteiger partial charge in [0.15, 0.2) is 0 Å². The van der Waals surface area contributed by atoms with Gasteiger partial charge in [-0.2, -0.15) is 5.10 Å². The number of carbonyl (C=O) groups is 1. The van der Waals surface area contributed by atoms with E-state index in [0.717, 1.165) is 42.6 Å². The molecule has 2 heterocycles. The second-order valence-corrected chi connectivity index (χ2v) is 9.24. The van der Waals surface area contributed by atoms with E-state index >= 15 is 0 Å². The standard InChI is InChI=1S/C18H25N3O4S/c1-14(22)20-7-5-15(6-8-20)13-25-17-3-4-18-16(11-17)12-19-21(18)9-10-26(2,23)24/h3-4,11-12,15H,5-10,13H2,1-2H3. The quantitative estimate of drug-likeness (QED) is 0.716. The Morgan fingerprint density at radius 1 is 1.38 bits per heavy atom. The van der Waals surface area contributed by atoms with Crippen LogP contribution in [-0.4, -0.2) is 56.8 Å². The third-order valence-electron chi connectivity index (χ3n) is 4.83. The SMILES string of the molecule is CC(=O)N1CCC(COc2ccc3c(cnn3CC[S+](C)(=O)[O-])c2)CC1. The first-order chi connectivity index (χ1) is 12.3. The van der Waals surface area contributed by atoms with Gasteiger partial charge < -0.3 is 14.2 Å². The minimum absolute atomic E-state index is 0.0704. The fourth-order valence-corrected chi connectivity index (χ4v) is 3.72. The molecule has 2 aromatic rings. The van der Waals surface area contributed by atoms with Crippen LogP contribution in [0, 0.1) is 5.92 Å². The molecule has 1 aromatic heterocycles. The molecule has 1 saturated heterocycles. The van der Waals surface area contributed by atoms with Gasteiger partial charge in [0, 0.05) is 35.6 Å². The summed E-state index contributed by atoms with van der Waals surface area (Å²) in [6, 6.07) is 5.74. The monoisotopic (exact) mass is 379 g/mol. The zero-order chi connectivity index (χ0) is 18.7. The van der Waals surface area contributed by atoms with Gasteiger partial charge in [0.1, 0.15) is 11.5 Å². The lowest BCUT2D eigenvalue weighted by molar-refractivity contribution is -0.130. The minimum atomic E-state index is -3.02. The molecule has 0 aliphatic carbocycles. The van der Waals surface area contributed by atoms with Crippen molar-refractivity contribution >= 4 is 27.0 Å². The number of piperidine rings is 1. The van der Waals surface area contributed by atoms with Gasteiger partial charge in [-0.15, -0.1) is 4.21 Å². The normalized spacial score (nSPS) is 18.0. The van der Waals surface area contributed by atoms with Crippen LogP contribution in [0.25, 0.3) is 10.9 Å². The van der Waals surface area contributed by atoms with E-state index in [0.29, 0.717) is 19.1 Å². The predicted molar refractivity (Wildman–Crippen MR) is 99.8 cm³/mol. The zero-order valence-corrected chi connectivity index (χ0v) is 16.0. The summed E-state index contributed by atoms with van der Waals surface area (Å²) in [5.74, 6) is 1.46.